The third kappa shape index (κ3) is 0.981. The number of H-pyrrole nitrogens is 1. The highest BCUT2D eigenvalue weighted by Gasteiger charge is 1.97. The van der Waals surface area contributed by atoms with Gasteiger partial charge in [0, 0.05) is 5.69 Å². The van der Waals surface area contributed by atoms with Crippen molar-refractivity contribution in [2.24, 2.45) is 0 Å². The highest BCUT2D eigenvalue weighted by molar-refractivity contribution is 5.74. The van der Waals surface area contributed by atoms with Crippen molar-refractivity contribution in [1.29, 1.82) is 0 Å². The van der Waals surface area contributed by atoms with Gasteiger partial charge in [-0.3, -0.25) is 4.98 Å². The monoisotopic (exact) mass is 147 g/mol. The lowest BCUT2D eigenvalue weighted by Crippen LogP contribution is -1.78. The Labute approximate surface area is 64.5 Å². The molecule has 0 aliphatic carbocycles. The van der Waals surface area contributed by atoms with Crippen LogP contribution in [0.4, 0.5) is 0 Å². The van der Waals surface area contributed by atoms with Crippen LogP contribution in [0.15, 0.2) is 12.3 Å². The van der Waals surface area contributed by atoms with Gasteiger partial charge < -0.3 is 4.98 Å². The van der Waals surface area contributed by atoms with Gasteiger partial charge in [0.2, 0.25) is 0 Å². The van der Waals surface area contributed by atoms with Crippen LogP contribution in [0, 0.1) is 13.8 Å². The molecule has 3 nitrogen and oxygen atoms in total. The largest absolute Gasteiger partial charge is 0.341 e. The molecule has 0 aliphatic rings. The second kappa shape index (κ2) is 2.05. The van der Waals surface area contributed by atoms with Crippen LogP contribution in [0.2, 0.25) is 0 Å². The summed E-state index contributed by atoms with van der Waals surface area (Å²) in [5, 5.41) is 0. The molecule has 56 valence electrons. The standard InChI is InChI=1S/C8H9N3/c1-5-3-7-8(4-9-5)11-6(2)10-7/h3-4H,1-2H3,(H,10,11). The van der Waals surface area contributed by atoms with E-state index in [1.54, 1.807) is 0 Å². The highest BCUT2D eigenvalue weighted by Crippen LogP contribution is 2.09. The third-order valence-corrected chi connectivity index (χ3v) is 1.62. The molecule has 0 spiro atoms. The Kier molecular flexibility index (Phi) is 1.18. The lowest BCUT2D eigenvalue weighted by atomic mass is 10.3. The molecule has 0 aromatic carbocycles. The zero-order valence-electron chi connectivity index (χ0n) is 6.55. The maximum Gasteiger partial charge on any atom is 0.104 e. The predicted molar refractivity (Wildman–Crippen MR) is 43.4 cm³/mol. The van der Waals surface area contributed by atoms with E-state index in [1.165, 1.54) is 0 Å². The van der Waals surface area contributed by atoms with E-state index in [4.69, 9.17) is 0 Å². The van der Waals surface area contributed by atoms with Crippen molar-refractivity contribution >= 4 is 11.0 Å². The summed E-state index contributed by atoms with van der Waals surface area (Å²) in [5.74, 6) is 0.937. The summed E-state index contributed by atoms with van der Waals surface area (Å²) in [6.45, 7) is 3.90. The number of hydrogen-bond acceptors (Lipinski definition) is 2. The third-order valence-electron chi connectivity index (χ3n) is 1.62. The average Bonchev–Trinajstić information content (AvgIpc) is 2.27. The van der Waals surface area contributed by atoms with Crippen molar-refractivity contribution in [3.8, 4) is 0 Å². The lowest BCUT2D eigenvalue weighted by Gasteiger charge is -1.88. The van der Waals surface area contributed by atoms with Gasteiger partial charge in [0.25, 0.3) is 0 Å². The summed E-state index contributed by atoms with van der Waals surface area (Å²) in [7, 11) is 0. The first kappa shape index (κ1) is 6.34. The number of imidazole rings is 1. The Morgan fingerprint density at radius 1 is 1.36 bits per heavy atom. The fourth-order valence-corrected chi connectivity index (χ4v) is 1.14. The van der Waals surface area contributed by atoms with Gasteiger partial charge in [-0.05, 0) is 19.9 Å². The topological polar surface area (TPSA) is 41.6 Å². The Hall–Kier alpha value is -1.38. The molecule has 0 bridgehead atoms. The first-order valence-corrected chi connectivity index (χ1v) is 3.55. The second-order valence-electron chi connectivity index (χ2n) is 2.67. The van der Waals surface area contributed by atoms with E-state index in [-0.39, 0.29) is 0 Å². The smallest absolute Gasteiger partial charge is 0.104 e. The molecule has 2 aromatic rings. The van der Waals surface area contributed by atoms with E-state index < -0.39 is 0 Å². The normalized spacial score (nSPS) is 10.7. The summed E-state index contributed by atoms with van der Waals surface area (Å²) in [5.41, 5.74) is 3.01. The van der Waals surface area contributed by atoms with Gasteiger partial charge in [0.05, 0.1) is 17.2 Å². The van der Waals surface area contributed by atoms with E-state index in [0.717, 1.165) is 22.6 Å². The molecule has 11 heavy (non-hydrogen) atoms. The van der Waals surface area contributed by atoms with Crippen LogP contribution in [-0.4, -0.2) is 15.0 Å². The second-order valence-corrected chi connectivity index (χ2v) is 2.67. The van der Waals surface area contributed by atoms with Gasteiger partial charge in [-0.25, -0.2) is 4.98 Å². The Morgan fingerprint density at radius 3 is 3.00 bits per heavy atom. The molecule has 2 heterocycles. The molecule has 2 aromatic heterocycles. The number of rotatable bonds is 0. The van der Waals surface area contributed by atoms with Gasteiger partial charge in [0.1, 0.15) is 5.82 Å². The number of nitrogens with zero attached hydrogens (tertiary/aromatic N) is 2. The molecular formula is C8H9N3. The van der Waals surface area contributed by atoms with Gasteiger partial charge in [-0.2, -0.15) is 0 Å². The molecular weight excluding hydrogens is 138 g/mol. The highest BCUT2D eigenvalue weighted by atomic mass is 14.9. The van der Waals surface area contributed by atoms with Crippen molar-refractivity contribution < 1.29 is 0 Å². The van der Waals surface area contributed by atoms with Crippen LogP contribution in [0.25, 0.3) is 11.0 Å². The van der Waals surface area contributed by atoms with Crippen molar-refractivity contribution in [3.63, 3.8) is 0 Å². The van der Waals surface area contributed by atoms with Crippen LogP contribution in [0.5, 0.6) is 0 Å². The van der Waals surface area contributed by atoms with Gasteiger partial charge in [-0.1, -0.05) is 0 Å². The molecule has 3 heteroatoms. The van der Waals surface area contributed by atoms with Crippen LogP contribution in [0.3, 0.4) is 0 Å². The van der Waals surface area contributed by atoms with Crippen LogP contribution < -0.4 is 0 Å². The van der Waals surface area contributed by atoms with Gasteiger partial charge in [0.15, 0.2) is 0 Å². The summed E-state index contributed by atoms with van der Waals surface area (Å²) < 4.78 is 0. The molecule has 1 N–H and O–H groups in total. The van der Waals surface area contributed by atoms with Crippen molar-refractivity contribution in [2.45, 2.75) is 13.8 Å². The van der Waals surface area contributed by atoms with Gasteiger partial charge >= 0.3 is 0 Å². The first-order valence-electron chi connectivity index (χ1n) is 3.55. The van der Waals surface area contributed by atoms with Crippen LogP contribution in [-0.2, 0) is 0 Å². The summed E-state index contributed by atoms with van der Waals surface area (Å²) in [6.07, 6.45) is 1.81. The maximum absolute atomic E-state index is 4.28. The average molecular weight is 147 g/mol. The van der Waals surface area contributed by atoms with Gasteiger partial charge in [-0.15, -0.1) is 0 Å². The fourth-order valence-electron chi connectivity index (χ4n) is 1.14. The summed E-state index contributed by atoms with van der Waals surface area (Å²) >= 11 is 0. The summed E-state index contributed by atoms with van der Waals surface area (Å²) in [6, 6.07) is 1.97. The minimum absolute atomic E-state index is 0.937. The van der Waals surface area contributed by atoms with Crippen molar-refractivity contribution in [1.82, 2.24) is 15.0 Å². The number of hydrogen-bond donors (Lipinski definition) is 1. The molecule has 0 radical (unpaired) electrons. The molecule has 0 fully saturated rings. The molecule has 0 unspecified atom stereocenters. The molecule has 0 aliphatic heterocycles. The number of aromatic nitrogens is 3. The van der Waals surface area contributed by atoms with Crippen LogP contribution in [0.1, 0.15) is 11.5 Å². The van der Waals surface area contributed by atoms with Crippen LogP contribution >= 0.6 is 0 Å². The number of aryl methyl sites for hydroxylation is 2. The van der Waals surface area contributed by atoms with E-state index in [9.17, 15) is 0 Å². The number of aromatic amines is 1. The minimum atomic E-state index is 0.937. The van der Waals surface area contributed by atoms with Crippen molar-refractivity contribution in [2.75, 3.05) is 0 Å². The molecule has 0 saturated carbocycles. The Bertz CT molecular complexity index is 389. The Morgan fingerprint density at radius 2 is 2.18 bits per heavy atom. The summed E-state index contributed by atoms with van der Waals surface area (Å²) in [4.78, 5) is 11.5. The quantitative estimate of drug-likeness (QED) is 0.614. The van der Waals surface area contributed by atoms with E-state index in [2.05, 4.69) is 15.0 Å². The van der Waals surface area contributed by atoms with Crippen molar-refractivity contribution in [3.05, 3.63) is 23.8 Å². The molecule has 2 rings (SSSR count). The molecule has 0 amide bonds. The molecule has 0 saturated heterocycles. The predicted octanol–water partition coefficient (Wildman–Crippen LogP) is 1.57. The maximum atomic E-state index is 4.28. The van der Waals surface area contributed by atoms with E-state index in [1.807, 2.05) is 26.1 Å². The Balaban J connectivity index is 2.82. The fraction of sp³-hybridized carbons (Fsp3) is 0.250. The number of fused-ring (bicyclic) bond motifs is 1. The number of nitrogens with one attached hydrogen (secondary N) is 1. The zero-order chi connectivity index (χ0) is 7.84. The first-order chi connectivity index (χ1) is 5.25. The SMILES string of the molecule is Cc1cc2nc(C)[nH]c2cn1. The van der Waals surface area contributed by atoms with E-state index >= 15 is 0 Å². The zero-order valence-corrected chi connectivity index (χ0v) is 6.55. The minimum Gasteiger partial charge on any atom is -0.341 e. The molecule has 0 atom stereocenters. The number of pyridine rings is 1. The lowest BCUT2D eigenvalue weighted by molar-refractivity contribution is 1.17. The van der Waals surface area contributed by atoms with E-state index in [0.29, 0.717) is 0 Å².